The van der Waals surface area contributed by atoms with E-state index in [1.165, 1.54) is 38.8 Å². The first-order valence-corrected chi connectivity index (χ1v) is 9.29. The molecular formula is C18H32N2O4. The number of hydrogen-bond donors (Lipinski definition) is 0. The van der Waals surface area contributed by atoms with Crippen LogP contribution in [0.1, 0.15) is 32.1 Å². The lowest BCUT2D eigenvalue weighted by Gasteiger charge is -2.43. The van der Waals surface area contributed by atoms with Crippen molar-refractivity contribution in [3.63, 3.8) is 0 Å². The van der Waals surface area contributed by atoms with E-state index in [0.717, 1.165) is 32.3 Å². The van der Waals surface area contributed by atoms with E-state index < -0.39 is 0 Å². The standard InChI is InChI=1S/C18H32N2O4/c1-19(2)17(21)13-23-12-16-11-18(14-24-16)5-7-20(8-6-18)15-3-9-22-10-4-15/h15-16H,3-14H2,1-2H3. The lowest BCUT2D eigenvalue weighted by molar-refractivity contribution is -0.134. The van der Waals surface area contributed by atoms with Gasteiger partial charge in [-0.3, -0.25) is 4.79 Å². The molecule has 6 heteroatoms. The average Bonchev–Trinajstić information content (AvgIpc) is 2.99. The van der Waals surface area contributed by atoms with Gasteiger partial charge in [-0.05, 0) is 50.6 Å². The Morgan fingerprint density at radius 3 is 2.62 bits per heavy atom. The number of carbonyl (C=O) groups excluding carboxylic acids is 1. The minimum absolute atomic E-state index is 0.00693. The lowest BCUT2D eigenvalue weighted by atomic mass is 9.76. The number of carbonyl (C=O) groups is 1. The summed E-state index contributed by atoms with van der Waals surface area (Å²) < 4.78 is 17.0. The lowest BCUT2D eigenvalue weighted by Crippen LogP contribution is -2.47. The summed E-state index contributed by atoms with van der Waals surface area (Å²) in [5.41, 5.74) is 0.335. The Morgan fingerprint density at radius 2 is 1.96 bits per heavy atom. The summed E-state index contributed by atoms with van der Waals surface area (Å²) in [5.74, 6) is 0.00693. The normalized spacial score (nSPS) is 28.3. The van der Waals surface area contributed by atoms with Crippen LogP contribution in [0.2, 0.25) is 0 Å². The molecule has 0 aromatic heterocycles. The fourth-order valence-electron chi connectivity index (χ4n) is 4.17. The van der Waals surface area contributed by atoms with Crippen LogP contribution in [-0.4, -0.2) is 88.1 Å². The van der Waals surface area contributed by atoms with E-state index in [0.29, 0.717) is 12.0 Å². The van der Waals surface area contributed by atoms with E-state index in [9.17, 15) is 4.79 Å². The maximum atomic E-state index is 11.5. The van der Waals surface area contributed by atoms with Crippen LogP contribution in [0.4, 0.5) is 0 Å². The van der Waals surface area contributed by atoms with Gasteiger partial charge in [-0.1, -0.05) is 0 Å². The van der Waals surface area contributed by atoms with Gasteiger partial charge in [-0.15, -0.1) is 0 Å². The van der Waals surface area contributed by atoms with Crippen LogP contribution in [-0.2, 0) is 19.0 Å². The van der Waals surface area contributed by atoms with Gasteiger partial charge in [0.05, 0.1) is 19.3 Å². The van der Waals surface area contributed by atoms with Crippen molar-refractivity contribution in [3.8, 4) is 0 Å². The van der Waals surface area contributed by atoms with Crippen LogP contribution in [0.3, 0.4) is 0 Å². The summed E-state index contributed by atoms with van der Waals surface area (Å²) in [6, 6.07) is 0.717. The van der Waals surface area contributed by atoms with Gasteiger partial charge in [0.1, 0.15) is 6.61 Å². The van der Waals surface area contributed by atoms with Crippen LogP contribution in [0.15, 0.2) is 0 Å². The number of likely N-dealkylation sites (N-methyl/N-ethyl adjacent to an activating group) is 1. The van der Waals surface area contributed by atoms with Crippen LogP contribution in [0, 0.1) is 5.41 Å². The predicted molar refractivity (Wildman–Crippen MR) is 91.0 cm³/mol. The van der Waals surface area contributed by atoms with Crippen molar-refractivity contribution in [2.24, 2.45) is 5.41 Å². The number of likely N-dealkylation sites (tertiary alicyclic amines) is 1. The third-order valence-corrected chi connectivity index (χ3v) is 5.88. The topological polar surface area (TPSA) is 51.2 Å². The molecule has 0 saturated carbocycles. The molecule has 138 valence electrons. The highest BCUT2D eigenvalue weighted by Crippen LogP contribution is 2.42. The number of nitrogens with zero attached hydrogens (tertiary/aromatic N) is 2. The second kappa shape index (κ2) is 8.13. The summed E-state index contributed by atoms with van der Waals surface area (Å²) in [4.78, 5) is 15.8. The molecular weight excluding hydrogens is 308 g/mol. The Bertz CT molecular complexity index is 415. The molecule has 0 radical (unpaired) electrons. The molecule has 3 heterocycles. The molecule has 3 aliphatic heterocycles. The van der Waals surface area contributed by atoms with Crippen molar-refractivity contribution >= 4 is 5.91 Å². The van der Waals surface area contributed by atoms with Gasteiger partial charge < -0.3 is 24.0 Å². The SMILES string of the molecule is CN(C)C(=O)COCC1CC2(CCN(C3CCOCC3)CC2)CO1. The molecule has 3 saturated heterocycles. The third-order valence-electron chi connectivity index (χ3n) is 5.88. The van der Waals surface area contributed by atoms with Crippen LogP contribution >= 0.6 is 0 Å². The fraction of sp³-hybridized carbons (Fsp3) is 0.944. The van der Waals surface area contributed by atoms with E-state index in [2.05, 4.69) is 4.90 Å². The summed E-state index contributed by atoms with van der Waals surface area (Å²) in [6.45, 7) is 5.73. The molecule has 0 aliphatic carbocycles. The Labute approximate surface area is 145 Å². The van der Waals surface area contributed by atoms with Gasteiger partial charge >= 0.3 is 0 Å². The fourth-order valence-corrected chi connectivity index (χ4v) is 4.17. The number of piperidine rings is 1. The number of amides is 1. The van der Waals surface area contributed by atoms with Crippen molar-refractivity contribution in [3.05, 3.63) is 0 Å². The summed E-state index contributed by atoms with van der Waals surface area (Å²) in [6.07, 6.45) is 6.02. The van der Waals surface area contributed by atoms with Crippen molar-refractivity contribution in [2.75, 3.05) is 60.2 Å². The predicted octanol–water partition coefficient (Wildman–Crippen LogP) is 1.14. The van der Waals surface area contributed by atoms with Crippen molar-refractivity contribution in [1.82, 2.24) is 9.80 Å². The molecule has 0 aromatic carbocycles. The largest absolute Gasteiger partial charge is 0.381 e. The Kier molecular flexibility index (Phi) is 6.13. The highest BCUT2D eigenvalue weighted by Gasteiger charge is 2.43. The minimum atomic E-state index is 0.00693. The van der Waals surface area contributed by atoms with Gasteiger partial charge in [0.25, 0.3) is 0 Å². The quantitative estimate of drug-likeness (QED) is 0.751. The van der Waals surface area contributed by atoms with Crippen LogP contribution < -0.4 is 0 Å². The Balaban J connectivity index is 1.38. The Hall–Kier alpha value is -0.690. The third kappa shape index (κ3) is 4.48. The first-order chi connectivity index (χ1) is 11.6. The molecule has 6 nitrogen and oxygen atoms in total. The molecule has 0 bridgehead atoms. The van der Waals surface area contributed by atoms with E-state index in [1.54, 1.807) is 19.0 Å². The van der Waals surface area contributed by atoms with Gasteiger partial charge in [0.15, 0.2) is 0 Å². The molecule has 3 fully saturated rings. The minimum Gasteiger partial charge on any atom is -0.381 e. The summed E-state index contributed by atoms with van der Waals surface area (Å²) in [5, 5.41) is 0. The monoisotopic (exact) mass is 340 g/mol. The molecule has 0 aromatic rings. The Morgan fingerprint density at radius 1 is 1.25 bits per heavy atom. The second-order valence-electron chi connectivity index (χ2n) is 7.82. The van der Waals surface area contributed by atoms with Crippen molar-refractivity contribution < 1.29 is 19.0 Å². The summed E-state index contributed by atoms with van der Waals surface area (Å²) in [7, 11) is 3.50. The van der Waals surface area contributed by atoms with Gasteiger partial charge in [-0.2, -0.15) is 0 Å². The molecule has 1 spiro atoms. The highest BCUT2D eigenvalue weighted by molar-refractivity contribution is 5.76. The van der Waals surface area contributed by atoms with Crippen molar-refractivity contribution in [1.29, 1.82) is 0 Å². The number of hydrogen-bond acceptors (Lipinski definition) is 5. The van der Waals surface area contributed by atoms with Gasteiger partial charge in [0, 0.05) is 33.4 Å². The van der Waals surface area contributed by atoms with E-state index >= 15 is 0 Å². The molecule has 1 atom stereocenters. The summed E-state index contributed by atoms with van der Waals surface area (Å²) >= 11 is 0. The molecule has 3 rings (SSSR count). The molecule has 1 unspecified atom stereocenters. The number of rotatable bonds is 5. The zero-order valence-corrected chi connectivity index (χ0v) is 15.2. The second-order valence-corrected chi connectivity index (χ2v) is 7.82. The number of ether oxygens (including phenoxy) is 3. The zero-order chi connectivity index (χ0) is 17.0. The molecule has 24 heavy (non-hydrogen) atoms. The maximum absolute atomic E-state index is 11.5. The van der Waals surface area contributed by atoms with Gasteiger partial charge in [0.2, 0.25) is 5.91 Å². The van der Waals surface area contributed by atoms with Gasteiger partial charge in [-0.25, -0.2) is 0 Å². The first-order valence-electron chi connectivity index (χ1n) is 9.29. The van der Waals surface area contributed by atoms with Crippen molar-refractivity contribution in [2.45, 2.75) is 44.2 Å². The molecule has 0 N–H and O–H groups in total. The highest BCUT2D eigenvalue weighted by atomic mass is 16.5. The van der Waals surface area contributed by atoms with E-state index in [-0.39, 0.29) is 18.6 Å². The molecule has 3 aliphatic rings. The van der Waals surface area contributed by atoms with E-state index in [4.69, 9.17) is 14.2 Å². The average molecular weight is 340 g/mol. The maximum Gasteiger partial charge on any atom is 0.248 e. The zero-order valence-electron chi connectivity index (χ0n) is 15.2. The molecule has 1 amide bonds. The van der Waals surface area contributed by atoms with E-state index in [1.807, 2.05) is 0 Å². The smallest absolute Gasteiger partial charge is 0.248 e. The first kappa shape index (κ1) is 18.1. The van der Waals surface area contributed by atoms with Crippen LogP contribution in [0.5, 0.6) is 0 Å². The van der Waals surface area contributed by atoms with Crippen LogP contribution in [0.25, 0.3) is 0 Å².